The van der Waals surface area contributed by atoms with E-state index in [1.165, 1.54) is 0 Å². The van der Waals surface area contributed by atoms with E-state index in [0.717, 1.165) is 12.8 Å². The Morgan fingerprint density at radius 1 is 1.70 bits per heavy atom. The number of nitrogens with one attached hydrogen (secondary N) is 1. The third kappa shape index (κ3) is 1.48. The first-order valence-electron chi connectivity index (χ1n) is 3.86. The second kappa shape index (κ2) is 3.32. The van der Waals surface area contributed by atoms with Crippen LogP contribution in [0, 0.1) is 0 Å². The van der Waals surface area contributed by atoms with Gasteiger partial charge in [0, 0.05) is 6.04 Å². The van der Waals surface area contributed by atoms with Crippen LogP contribution in [0.3, 0.4) is 0 Å². The zero-order valence-electron chi connectivity index (χ0n) is 6.63. The van der Waals surface area contributed by atoms with E-state index in [1.807, 2.05) is 7.05 Å². The van der Waals surface area contributed by atoms with Gasteiger partial charge in [-0.3, -0.25) is 0 Å². The van der Waals surface area contributed by atoms with Crippen LogP contribution in [0.5, 0.6) is 0 Å². The fourth-order valence-electron chi connectivity index (χ4n) is 1.33. The Kier molecular flexibility index (Phi) is 2.65. The Morgan fingerprint density at radius 2 is 2.40 bits per heavy atom. The first-order chi connectivity index (χ1) is 4.77. The maximum Gasteiger partial charge on any atom is 0.121 e. The summed E-state index contributed by atoms with van der Waals surface area (Å²) in [5.74, 6) is 0. The molecule has 3 N–H and O–H groups in total. The summed E-state index contributed by atoms with van der Waals surface area (Å²) in [6.07, 6.45) is 2.38. The minimum atomic E-state index is -0.102. The molecule has 0 radical (unpaired) electrons. The Bertz CT molecular complexity index is 108. The van der Waals surface area contributed by atoms with Crippen molar-refractivity contribution in [1.82, 2.24) is 5.32 Å². The zero-order chi connectivity index (χ0) is 7.56. The second-order valence-corrected chi connectivity index (χ2v) is 2.76. The highest BCUT2D eigenvalue weighted by Crippen LogP contribution is 2.18. The highest BCUT2D eigenvalue weighted by atomic mass is 16.5. The summed E-state index contributed by atoms with van der Waals surface area (Å²) in [4.78, 5) is 0. The van der Waals surface area contributed by atoms with Crippen LogP contribution in [0.15, 0.2) is 0 Å². The van der Waals surface area contributed by atoms with Crippen molar-refractivity contribution in [3.05, 3.63) is 0 Å². The van der Waals surface area contributed by atoms with Gasteiger partial charge in [-0.1, -0.05) is 6.92 Å². The van der Waals surface area contributed by atoms with Gasteiger partial charge < -0.3 is 15.8 Å². The van der Waals surface area contributed by atoms with E-state index in [0.29, 0.717) is 12.1 Å². The molecule has 0 aromatic rings. The van der Waals surface area contributed by atoms with Crippen molar-refractivity contribution >= 4 is 0 Å². The number of ether oxygens (including phenoxy) is 1. The van der Waals surface area contributed by atoms with Crippen molar-refractivity contribution in [3.8, 4) is 0 Å². The molecular weight excluding hydrogens is 128 g/mol. The number of hydrogen-bond acceptors (Lipinski definition) is 3. The fourth-order valence-corrected chi connectivity index (χ4v) is 1.33. The Morgan fingerprint density at radius 3 is 2.70 bits per heavy atom. The lowest BCUT2D eigenvalue weighted by molar-refractivity contribution is 0.0419. The lowest BCUT2D eigenvalue weighted by atomic mass is 10.1. The van der Waals surface area contributed by atoms with Gasteiger partial charge in [-0.2, -0.15) is 0 Å². The molecule has 1 aliphatic heterocycles. The van der Waals surface area contributed by atoms with Crippen LogP contribution in [0.4, 0.5) is 0 Å². The van der Waals surface area contributed by atoms with Gasteiger partial charge >= 0.3 is 0 Å². The van der Waals surface area contributed by atoms with Crippen LogP contribution >= 0.6 is 0 Å². The number of rotatable bonds is 2. The molecule has 3 unspecified atom stereocenters. The van der Waals surface area contributed by atoms with Crippen LogP contribution in [0.1, 0.15) is 19.8 Å². The van der Waals surface area contributed by atoms with Gasteiger partial charge in [0.2, 0.25) is 0 Å². The molecule has 0 aromatic carbocycles. The zero-order valence-corrected chi connectivity index (χ0v) is 6.63. The summed E-state index contributed by atoms with van der Waals surface area (Å²) < 4.78 is 5.43. The molecule has 1 fully saturated rings. The van der Waals surface area contributed by atoms with Crippen LogP contribution in [-0.4, -0.2) is 25.4 Å². The van der Waals surface area contributed by atoms with Gasteiger partial charge in [-0.15, -0.1) is 0 Å². The normalized spacial score (nSPS) is 40.5. The van der Waals surface area contributed by atoms with Gasteiger partial charge in [0.15, 0.2) is 0 Å². The average Bonchev–Trinajstić information content (AvgIpc) is 2.30. The maximum absolute atomic E-state index is 5.67. The van der Waals surface area contributed by atoms with Crippen molar-refractivity contribution in [2.45, 2.75) is 38.1 Å². The highest BCUT2D eigenvalue weighted by Gasteiger charge is 2.29. The van der Waals surface area contributed by atoms with E-state index in [4.69, 9.17) is 10.5 Å². The molecule has 0 bridgehead atoms. The predicted octanol–water partition coefficient (Wildman–Crippen LogP) is 0.0581. The topological polar surface area (TPSA) is 47.3 Å². The van der Waals surface area contributed by atoms with Crippen LogP contribution < -0.4 is 11.1 Å². The molecule has 1 heterocycles. The molecule has 0 aliphatic carbocycles. The van der Waals surface area contributed by atoms with E-state index >= 15 is 0 Å². The molecule has 0 aromatic heterocycles. The molecule has 60 valence electrons. The van der Waals surface area contributed by atoms with E-state index in [2.05, 4.69) is 12.2 Å². The summed E-state index contributed by atoms with van der Waals surface area (Å²) in [6, 6.07) is 0.352. The molecule has 0 spiro atoms. The first-order valence-corrected chi connectivity index (χ1v) is 3.86. The molecule has 1 saturated heterocycles. The third-order valence-corrected chi connectivity index (χ3v) is 2.09. The molecule has 0 saturated carbocycles. The van der Waals surface area contributed by atoms with E-state index < -0.39 is 0 Å². The third-order valence-electron chi connectivity index (χ3n) is 2.09. The van der Waals surface area contributed by atoms with Gasteiger partial charge in [0.25, 0.3) is 0 Å². The Labute approximate surface area is 61.9 Å². The monoisotopic (exact) mass is 144 g/mol. The molecule has 1 aliphatic rings. The smallest absolute Gasteiger partial charge is 0.121 e. The number of nitrogens with two attached hydrogens (primary N) is 1. The molecule has 10 heavy (non-hydrogen) atoms. The number of likely N-dealkylation sites (N-methyl/N-ethyl adjacent to an activating group) is 1. The summed E-state index contributed by atoms with van der Waals surface area (Å²) in [5.41, 5.74) is 5.67. The van der Waals surface area contributed by atoms with Crippen molar-refractivity contribution in [1.29, 1.82) is 0 Å². The summed E-state index contributed by atoms with van der Waals surface area (Å²) in [7, 11) is 1.92. The van der Waals surface area contributed by atoms with E-state index in [-0.39, 0.29) is 6.23 Å². The Balaban J connectivity index is 2.36. The minimum Gasteiger partial charge on any atom is -0.359 e. The lowest BCUT2D eigenvalue weighted by Crippen LogP contribution is -2.39. The molecule has 1 rings (SSSR count). The van der Waals surface area contributed by atoms with Crippen molar-refractivity contribution < 1.29 is 4.74 Å². The van der Waals surface area contributed by atoms with E-state index in [9.17, 15) is 0 Å². The van der Waals surface area contributed by atoms with Gasteiger partial charge in [0.1, 0.15) is 6.23 Å². The summed E-state index contributed by atoms with van der Waals surface area (Å²) in [5, 5.41) is 3.13. The maximum atomic E-state index is 5.67. The van der Waals surface area contributed by atoms with Crippen LogP contribution in [0.2, 0.25) is 0 Å². The van der Waals surface area contributed by atoms with Gasteiger partial charge in [-0.25, -0.2) is 0 Å². The predicted molar refractivity (Wildman–Crippen MR) is 40.6 cm³/mol. The van der Waals surface area contributed by atoms with Crippen molar-refractivity contribution in [3.63, 3.8) is 0 Å². The van der Waals surface area contributed by atoms with Gasteiger partial charge in [0.05, 0.1) is 6.10 Å². The molecule has 3 heteroatoms. The summed E-state index contributed by atoms with van der Waals surface area (Å²) >= 11 is 0. The molecular formula is C7H16N2O. The SMILES string of the molecule is CCC1CC(NC)C(N)O1. The molecule has 3 nitrogen and oxygen atoms in total. The van der Waals surface area contributed by atoms with Crippen molar-refractivity contribution in [2.75, 3.05) is 7.05 Å². The van der Waals surface area contributed by atoms with Crippen LogP contribution in [0.25, 0.3) is 0 Å². The second-order valence-electron chi connectivity index (χ2n) is 2.76. The standard InChI is InChI=1S/C7H16N2O/c1-3-5-4-6(9-2)7(8)10-5/h5-7,9H,3-4,8H2,1-2H3. The van der Waals surface area contributed by atoms with E-state index in [1.54, 1.807) is 0 Å². The Hall–Kier alpha value is -0.120. The lowest BCUT2D eigenvalue weighted by Gasteiger charge is -2.11. The number of hydrogen-bond donors (Lipinski definition) is 2. The van der Waals surface area contributed by atoms with Gasteiger partial charge in [-0.05, 0) is 19.9 Å². The summed E-state index contributed by atoms with van der Waals surface area (Å²) in [6.45, 7) is 2.12. The van der Waals surface area contributed by atoms with Crippen LogP contribution in [-0.2, 0) is 4.74 Å². The van der Waals surface area contributed by atoms with Crippen molar-refractivity contribution in [2.24, 2.45) is 5.73 Å². The molecule has 0 amide bonds. The average molecular weight is 144 g/mol. The largest absolute Gasteiger partial charge is 0.359 e. The quantitative estimate of drug-likeness (QED) is 0.576. The molecule has 3 atom stereocenters. The highest BCUT2D eigenvalue weighted by molar-refractivity contribution is 4.82. The fraction of sp³-hybridized carbons (Fsp3) is 1.00. The first kappa shape index (κ1) is 7.98. The minimum absolute atomic E-state index is 0.102.